The number of carbonyl (C=O) groups is 1. The number of nitrogens with zero attached hydrogens (tertiary/aromatic N) is 1. The normalized spacial score (nSPS) is 10.4. The molecule has 0 atom stereocenters. The average Bonchev–Trinajstić information content (AvgIpc) is 2.73. The van der Waals surface area contributed by atoms with Crippen molar-refractivity contribution in [1.29, 1.82) is 0 Å². The molecule has 2 heterocycles. The summed E-state index contributed by atoms with van der Waals surface area (Å²) in [7, 11) is 0. The Bertz CT molecular complexity index is 537. The molecule has 82 valence electrons. The summed E-state index contributed by atoms with van der Waals surface area (Å²) in [6.07, 6.45) is 0. The van der Waals surface area contributed by atoms with Crippen LogP contribution in [0.3, 0.4) is 0 Å². The Labute approximate surface area is 101 Å². The highest BCUT2D eigenvalue weighted by Crippen LogP contribution is 2.28. The Kier molecular flexibility index (Phi) is 2.94. The number of aromatic nitrogens is 1. The zero-order valence-electron chi connectivity index (χ0n) is 8.40. The van der Waals surface area contributed by atoms with Gasteiger partial charge in [-0.25, -0.2) is 9.78 Å². The molecule has 2 aromatic rings. The highest BCUT2D eigenvalue weighted by Gasteiger charge is 2.14. The highest BCUT2D eigenvalue weighted by molar-refractivity contribution is 7.13. The minimum atomic E-state index is -1.06. The van der Waals surface area contributed by atoms with Gasteiger partial charge in [0.25, 0.3) is 0 Å². The number of aromatic carboxylic acids is 1. The van der Waals surface area contributed by atoms with Gasteiger partial charge in [0.2, 0.25) is 0 Å². The first-order valence-corrected chi connectivity index (χ1v) is 5.79. The lowest BCUT2D eigenvalue weighted by Gasteiger charge is -2.05. The van der Waals surface area contributed by atoms with Crippen LogP contribution in [0.25, 0.3) is 10.6 Å². The maximum Gasteiger partial charge on any atom is 0.338 e. The number of aryl methyl sites for hydroxylation is 1. The summed E-state index contributed by atoms with van der Waals surface area (Å²) < 4.78 is 0. The van der Waals surface area contributed by atoms with Gasteiger partial charge < -0.3 is 5.11 Å². The van der Waals surface area contributed by atoms with Gasteiger partial charge in [0.1, 0.15) is 5.15 Å². The minimum absolute atomic E-state index is 0.0292. The third-order valence-electron chi connectivity index (χ3n) is 2.15. The third kappa shape index (κ3) is 1.94. The molecule has 0 unspecified atom stereocenters. The minimum Gasteiger partial charge on any atom is -0.478 e. The number of halogens is 1. The van der Waals surface area contributed by atoms with E-state index in [4.69, 9.17) is 16.7 Å². The molecule has 0 fully saturated rings. The van der Waals surface area contributed by atoms with Crippen LogP contribution in [0.2, 0.25) is 5.15 Å². The van der Waals surface area contributed by atoms with E-state index in [9.17, 15) is 4.79 Å². The fraction of sp³-hybridized carbons (Fsp3) is 0.0909. The van der Waals surface area contributed by atoms with Crippen LogP contribution < -0.4 is 0 Å². The summed E-state index contributed by atoms with van der Waals surface area (Å²) in [6.45, 7) is 1.82. The van der Waals surface area contributed by atoms with Gasteiger partial charge in [0.05, 0.1) is 16.1 Å². The number of pyridine rings is 1. The molecule has 0 aliphatic heterocycles. The predicted molar refractivity (Wildman–Crippen MR) is 64.3 cm³/mol. The third-order valence-corrected chi connectivity index (χ3v) is 3.32. The molecule has 0 radical (unpaired) electrons. The molecular weight excluding hydrogens is 246 g/mol. The smallest absolute Gasteiger partial charge is 0.338 e. The van der Waals surface area contributed by atoms with Crippen molar-refractivity contribution in [3.8, 4) is 10.6 Å². The molecule has 3 nitrogen and oxygen atoms in total. The average molecular weight is 254 g/mol. The second-order valence-electron chi connectivity index (χ2n) is 3.27. The molecule has 0 saturated carbocycles. The fourth-order valence-electron chi connectivity index (χ4n) is 1.40. The van der Waals surface area contributed by atoms with E-state index in [1.807, 2.05) is 24.4 Å². The zero-order valence-corrected chi connectivity index (χ0v) is 9.97. The second kappa shape index (κ2) is 4.23. The van der Waals surface area contributed by atoms with Gasteiger partial charge in [-0.3, -0.25) is 0 Å². The Morgan fingerprint density at radius 2 is 2.31 bits per heavy atom. The zero-order chi connectivity index (χ0) is 11.7. The number of hydrogen-bond acceptors (Lipinski definition) is 3. The summed E-state index contributed by atoms with van der Waals surface area (Å²) in [6, 6.07) is 5.39. The first-order valence-electron chi connectivity index (χ1n) is 4.54. The van der Waals surface area contributed by atoms with Gasteiger partial charge in [-0.1, -0.05) is 17.7 Å². The highest BCUT2D eigenvalue weighted by atomic mass is 35.5. The van der Waals surface area contributed by atoms with Crippen LogP contribution >= 0.6 is 22.9 Å². The second-order valence-corrected chi connectivity index (χ2v) is 4.58. The van der Waals surface area contributed by atoms with Gasteiger partial charge in [0, 0.05) is 0 Å². The molecule has 0 saturated heterocycles. The molecule has 0 amide bonds. The maximum absolute atomic E-state index is 10.8. The number of thiophene rings is 1. The molecule has 5 heteroatoms. The van der Waals surface area contributed by atoms with Crippen LogP contribution in [0.15, 0.2) is 23.6 Å². The molecule has 0 aliphatic carbocycles. The van der Waals surface area contributed by atoms with E-state index in [0.29, 0.717) is 0 Å². The van der Waals surface area contributed by atoms with Crippen LogP contribution in [-0.4, -0.2) is 16.1 Å². The van der Waals surface area contributed by atoms with E-state index in [-0.39, 0.29) is 10.7 Å². The summed E-state index contributed by atoms with van der Waals surface area (Å²) in [4.78, 5) is 16.0. The van der Waals surface area contributed by atoms with Gasteiger partial charge in [-0.05, 0) is 30.0 Å². The number of carboxylic acids is 1. The maximum atomic E-state index is 10.8. The van der Waals surface area contributed by atoms with E-state index in [0.717, 1.165) is 16.1 Å². The SMILES string of the molecule is Cc1cc(C(=O)O)c(Cl)nc1-c1cccs1. The fourth-order valence-corrected chi connectivity index (χ4v) is 2.40. The molecule has 1 N–H and O–H groups in total. The molecule has 0 aliphatic rings. The molecule has 0 spiro atoms. The summed E-state index contributed by atoms with van der Waals surface area (Å²) >= 11 is 7.37. The van der Waals surface area contributed by atoms with Crippen molar-refractivity contribution in [3.05, 3.63) is 39.9 Å². The summed E-state index contributed by atoms with van der Waals surface area (Å²) in [5, 5.41) is 10.9. The Morgan fingerprint density at radius 3 is 2.88 bits per heavy atom. The Hall–Kier alpha value is -1.39. The predicted octanol–water partition coefficient (Wildman–Crippen LogP) is 3.47. The molecule has 16 heavy (non-hydrogen) atoms. The van der Waals surface area contributed by atoms with Crippen molar-refractivity contribution in [3.63, 3.8) is 0 Å². The van der Waals surface area contributed by atoms with Crippen molar-refractivity contribution >= 4 is 28.9 Å². The van der Waals surface area contributed by atoms with Crippen LogP contribution in [0, 0.1) is 6.92 Å². The molecule has 2 aromatic heterocycles. The Morgan fingerprint density at radius 1 is 1.56 bits per heavy atom. The van der Waals surface area contributed by atoms with Gasteiger partial charge in [0.15, 0.2) is 0 Å². The topological polar surface area (TPSA) is 50.2 Å². The van der Waals surface area contributed by atoms with Gasteiger partial charge in [-0.2, -0.15) is 0 Å². The van der Waals surface area contributed by atoms with E-state index >= 15 is 0 Å². The summed E-state index contributed by atoms with van der Waals surface area (Å²) in [5.74, 6) is -1.06. The van der Waals surface area contributed by atoms with Crippen LogP contribution in [0.4, 0.5) is 0 Å². The first-order chi connectivity index (χ1) is 7.59. The van der Waals surface area contributed by atoms with E-state index in [1.165, 1.54) is 0 Å². The molecule has 2 rings (SSSR count). The van der Waals surface area contributed by atoms with Crippen LogP contribution in [-0.2, 0) is 0 Å². The van der Waals surface area contributed by atoms with Crippen molar-refractivity contribution in [2.45, 2.75) is 6.92 Å². The number of carboxylic acid groups (broad SMARTS) is 1. The van der Waals surface area contributed by atoms with Crippen molar-refractivity contribution < 1.29 is 9.90 Å². The van der Waals surface area contributed by atoms with Crippen LogP contribution in [0.5, 0.6) is 0 Å². The molecule has 0 aromatic carbocycles. The van der Waals surface area contributed by atoms with E-state index in [1.54, 1.807) is 17.4 Å². The largest absolute Gasteiger partial charge is 0.478 e. The van der Waals surface area contributed by atoms with E-state index in [2.05, 4.69) is 4.98 Å². The number of rotatable bonds is 2. The van der Waals surface area contributed by atoms with Crippen molar-refractivity contribution in [2.75, 3.05) is 0 Å². The lowest BCUT2D eigenvalue weighted by atomic mass is 10.1. The van der Waals surface area contributed by atoms with Gasteiger partial charge in [-0.15, -0.1) is 11.3 Å². The van der Waals surface area contributed by atoms with Crippen LogP contribution in [0.1, 0.15) is 15.9 Å². The standard InChI is InChI=1S/C11H8ClNO2S/c1-6-5-7(11(14)15)10(12)13-9(6)8-3-2-4-16-8/h2-5H,1H3,(H,14,15). The Balaban J connectivity index is 2.59. The van der Waals surface area contributed by atoms with Crippen molar-refractivity contribution in [1.82, 2.24) is 4.98 Å². The lowest BCUT2D eigenvalue weighted by molar-refractivity contribution is 0.0696. The summed E-state index contributed by atoms with van der Waals surface area (Å²) in [5.41, 5.74) is 1.59. The molecule has 0 bridgehead atoms. The molecular formula is C11H8ClNO2S. The first kappa shape index (κ1) is 11.1. The van der Waals surface area contributed by atoms with Crippen molar-refractivity contribution in [2.24, 2.45) is 0 Å². The van der Waals surface area contributed by atoms with Gasteiger partial charge >= 0.3 is 5.97 Å². The lowest BCUT2D eigenvalue weighted by Crippen LogP contribution is -2.01. The quantitative estimate of drug-likeness (QED) is 0.834. The van der Waals surface area contributed by atoms with E-state index < -0.39 is 5.97 Å². The monoisotopic (exact) mass is 253 g/mol. The number of hydrogen-bond donors (Lipinski definition) is 1.